The lowest BCUT2D eigenvalue weighted by molar-refractivity contribution is -0.116. The van der Waals surface area contributed by atoms with Gasteiger partial charge < -0.3 is 15.0 Å². The van der Waals surface area contributed by atoms with Crippen LogP contribution in [0.5, 0.6) is 0 Å². The van der Waals surface area contributed by atoms with Crippen molar-refractivity contribution in [1.82, 2.24) is 4.90 Å². The third-order valence-electron chi connectivity index (χ3n) is 3.99. The lowest BCUT2D eigenvalue weighted by atomic mass is 10.1. The largest absolute Gasteiger partial charge is 0.462 e. The molecule has 26 heavy (non-hydrogen) atoms. The van der Waals surface area contributed by atoms with E-state index >= 15 is 0 Å². The summed E-state index contributed by atoms with van der Waals surface area (Å²) in [6.45, 7) is 5.81. The molecule has 0 atom stereocenters. The van der Waals surface area contributed by atoms with Crippen LogP contribution in [0.1, 0.15) is 78.0 Å². The average molecular weight is 383 g/mol. The van der Waals surface area contributed by atoms with Crippen LogP contribution in [0.3, 0.4) is 0 Å². The maximum atomic E-state index is 12.3. The molecule has 1 N–H and O–H groups in total. The Morgan fingerprint density at radius 2 is 1.73 bits per heavy atom. The molecule has 0 unspecified atom stereocenters. The van der Waals surface area contributed by atoms with Crippen molar-refractivity contribution in [3.05, 3.63) is 16.0 Å². The average Bonchev–Trinajstić information content (AvgIpc) is 2.90. The lowest BCUT2D eigenvalue weighted by Gasteiger charge is -2.09. The summed E-state index contributed by atoms with van der Waals surface area (Å²) in [7, 11) is 3.31. The number of carbonyl (C=O) groups is 3. The number of nitrogens with one attached hydrogen (secondary N) is 1. The number of hydrogen-bond donors (Lipinski definition) is 1. The summed E-state index contributed by atoms with van der Waals surface area (Å²) in [6.07, 6.45) is 5.69. The van der Waals surface area contributed by atoms with Crippen molar-refractivity contribution in [2.45, 2.75) is 59.3 Å². The summed E-state index contributed by atoms with van der Waals surface area (Å²) >= 11 is 1.13. The number of amides is 2. The minimum absolute atomic E-state index is 0.142. The normalized spacial score (nSPS) is 10.5. The Hall–Kier alpha value is -1.89. The molecule has 6 nitrogen and oxygen atoms in total. The number of carbonyl (C=O) groups excluding carboxylic acids is 3. The van der Waals surface area contributed by atoms with E-state index in [9.17, 15) is 14.4 Å². The maximum absolute atomic E-state index is 12.3. The number of hydrogen-bond acceptors (Lipinski definition) is 5. The summed E-state index contributed by atoms with van der Waals surface area (Å²) < 4.78 is 5.10. The van der Waals surface area contributed by atoms with Crippen molar-refractivity contribution < 1.29 is 19.1 Å². The fourth-order valence-electron chi connectivity index (χ4n) is 2.54. The molecule has 0 fully saturated rings. The van der Waals surface area contributed by atoms with E-state index in [-0.39, 0.29) is 24.0 Å². The highest BCUT2D eigenvalue weighted by Crippen LogP contribution is 2.34. The molecule has 1 heterocycles. The Morgan fingerprint density at radius 3 is 2.31 bits per heavy atom. The van der Waals surface area contributed by atoms with Crippen molar-refractivity contribution in [3.63, 3.8) is 0 Å². The summed E-state index contributed by atoms with van der Waals surface area (Å²) in [4.78, 5) is 38.8. The van der Waals surface area contributed by atoms with Gasteiger partial charge in [-0.2, -0.15) is 0 Å². The van der Waals surface area contributed by atoms with Crippen molar-refractivity contribution in [2.75, 3.05) is 26.0 Å². The van der Waals surface area contributed by atoms with Crippen molar-refractivity contribution in [1.29, 1.82) is 0 Å². The van der Waals surface area contributed by atoms with Crippen LogP contribution >= 0.6 is 11.3 Å². The molecule has 1 aromatic heterocycles. The monoisotopic (exact) mass is 382 g/mol. The summed E-state index contributed by atoms with van der Waals surface area (Å²) in [6, 6.07) is 0. The van der Waals surface area contributed by atoms with Gasteiger partial charge in [0.05, 0.1) is 17.0 Å². The minimum Gasteiger partial charge on any atom is -0.462 e. The minimum atomic E-state index is -0.516. The van der Waals surface area contributed by atoms with E-state index in [0.29, 0.717) is 21.9 Å². The van der Waals surface area contributed by atoms with E-state index < -0.39 is 5.97 Å². The summed E-state index contributed by atoms with van der Waals surface area (Å²) in [5, 5.41) is 3.20. The van der Waals surface area contributed by atoms with Gasteiger partial charge in [-0.3, -0.25) is 9.59 Å². The van der Waals surface area contributed by atoms with Crippen LogP contribution in [0.15, 0.2) is 0 Å². The van der Waals surface area contributed by atoms with E-state index in [1.807, 2.05) is 0 Å². The summed E-state index contributed by atoms with van der Waals surface area (Å²) in [5.74, 6) is -0.854. The lowest BCUT2D eigenvalue weighted by Crippen LogP contribution is -2.21. The van der Waals surface area contributed by atoms with Crippen LogP contribution in [0.2, 0.25) is 0 Å². The van der Waals surface area contributed by atoms with E-state index in [1.165, 1.54) is 11.3 Å². The zero-order valence-corrected chi connectivity index (χ0v) is 17.3. The number of thiophene rings is 1. The Bertz CT molecular complexity index is 638. The van der Waals surface area contributed by atoms with Gasteiger partial charge in [0.2, 0.25) is 5.91 Å². The first kappa shape index (κ1) is 22.2. The third kappa shape index (κ3) is 6.12. The zero-order valence-electron chi connectivity index (χ0n) is 16.4. The fourth-order valence-corrected chi connectivity index (χ4v) is 3.77. The Labute approximate surface area is 159 Å². The second kappa shape index (κ2) is 11.0. The predicted molar refractivity (Wildman–Crippen MR) is 105 cm³/mol. The van der Waals surface area contributed by atoms with Crippen molar-refractivity contribution in [3.8, 4) is 0 Å². The molecule has 0 aromatic carbocycles. The first-order valence-corrected chi connectivity index (χ1v) is 9.97. The number of unbranched alkanes of at least 4 members (excludes halogenated alkanes) is 4. The SMILES string of the molecule is CCCCCCCC(=O)Nc1sc(C(=O)N(C)C)c(C)c1C(=O)OCC. The third-order valence-corrected chi connectivity index (χ3v) is 5.18. The molecule has 0 aliphatic rings. The first-order valence-electron chi connectivity index (χ1n) is 9.15. The number of rotatable bonds is 10. The Morgan fingerprint density at radius 1 is 1.08 bits per heavy atom. The van der Waals surface area contributed by atoms with Gasteiger partial charge in [-0.15, -0.1) is 11.3 Å². The highest BCUT2D eigenvalue weighted by atomic mass is 32.1. The molecular formula is C19H30N2O4S. The first-order chi connectivity index (χ1) is 12.3. The standard InChI is InChI=1S/C19H30N2O4S/c1-6-8-9-10-11-12-14(22)20-17-15(19(24)25-7-2)13(3)16(26-17)18(23)21(4)5/h6-12H2,1-5H3,(H,20,22). The Kier molecular flexibility index (Phi) is 9.34. The van der Waals surface area contributed by atoms with Crippen LogP contribution in [0, 0.1) is 6.92 Å². The molecule has 0 spiro atoms. The van der Waals surface area contributed by atoms with Crippen LogP contribution < -0.4 is 5.32 Å². The molecule has 1 aromatic rings. The topological polar surface area (TPSA) is 75.7 Å². The van der Waals surface area contributed by atoms with Crippen molar-refractivity contribution in [2.24, 2.45) is 0 Å². The van der Waals surface area contributed by atoms with Crippen molar-refractivity contribution >= 4 is 34.1 Å². The van der Waals surface area contributed by atoms with Gasteiger partial charge in [0.1, 0.15) is 5.00 Å². The van der Waals surface area contributed by atoms with Crippen LogP contribution in [0.25, 0.3) is 0 Å². The van der Waals surface area contributed by atoms with Gasteiger partial charge in [0.25, 0.3) is 5.91 Å². The van der Waals surface area contributed by atoms with Gasteiger partial charge in [-0.25, -0.2) is 4.79 Å². The summed E-state index contributed by atoms with van der Waals surface area (Å²) in [5.41, 5.74) is 0.826. The quantitative estimate of drug-likeness (QED) is 0.485. The van der Waals surface area contributed by atoms with Gasteiger partial charge >= 0.3 is 5.97 Å². The van der Waals surface area contributed by atoms with Gasteiger partial charge in [0.15, 0.2) is 0 Å². The molecule has 0 radical (unpaired) electrons. The smallest absolute Gasteiger partial charge is 0.341 e. The van der Waals surface area contributed by atoms with E-state index in [4.69, 9.17) is 4.74 Å². The second-order valence-electron chi connectivity index (χ2n) is 6.39. The van der Waals surface area contributed by atoms with Crippen LogP contribution in [-0.2, 0) is 9.53 Å². The molecule has 0 aliphatic heterocycles. The number of nitrogens with zero attached hydrogens (tertiary/aromatic N) is 1. The molecule has 0 saturated carbocycles. The van der Waals surface area contributed by atoms with Crippen LogP contribution in [0.4, 0.5) is 5.00 Å². The molecular weight excluding hydrogens is 352 g/mol. The molecule has 0 saturated heterocycles. The molecule has 1 rings (SSSR count). The van der Waals surface area contributed by atoms with E-state index in [0.717, 1.165) is 37.0 Å². The molecule has 146 valence electrons. The second-order valence-corrected chi connectivity index (χ2v) is 7.41. The highest BCUT2D eigenvalue weighted by Gasteiger charge is 2.27. The van der Waals surface area contributed by atoms with Gasteiger partial charge in [-0.05, 0) is 25.8 Å². The zero-order chi connectivity index (χ0) is 19.7. The fraction of sp³-hybridized carbons (Fsp3) is 0.632. The predicted octanol–water partition coefficient (Wildman–Crippen LogP) is 4.23. The van der Waals surface area contributed by atoms with E-state index in [2.05, 4.69) is 12.2 Å². The van der Waals surface area contributed by atoms with Crippen LogP contribution in [-0.4, -0.2) is 43.4 Å². The molecule has 2 amide bonds. The maximum Gasteiger partial charge on any atom is 0.341 e. The Balaban J connectivity index is 2.94. The van der Waals surface area contributed by atoms with Gasteiger partial charge in [-0.1, -0.05) is 32.6 Å². The van der Waals surface area contributed by atoms with E-state index in [1.54, 1.807) is 27.9 Å². The molecule has 0 bridgehead atoms. The highest BCUT2D eigenvalue weighted by molar-refractivity contribution is 7.18. The number of ether oxygens (including phenoxy) is 1. The molecule has 0 aliphatic carbocycles. The molecule has 7 heteroatoms. The number of anilines is 1. The van der Waals surface area contributed by atoms with Gasteiger partial charge in [0, 0.05) is 20.5 Å². The number of esters is 1.